The molecule has 1 atom stereocenters. The molecule has 0 saturated carbocycles. The fourth-order valence-electron chi connectivity index (χ4n) is 4.94. The number of likely N-dealkylation sites (tertiary alicyclic amines) is 1. The maximum atomic E-state index is 12.0. The van der Waals surface area contributed by atoms with E-state index < -0.39 is 12.2 Å². The van der Waals surface area contributed by atoms with Crippen molar-refractivity contribution in [1.29, 1.82) is 0 Å². The largest absolute Gasteiger partial charge is 0.433 e. The number of aromatic nitrogens is 2. The first kappa shape index (κ1) is 34.6. The van der Waals surface area contributed by atoms with Gasteiger partial charge in [-0.25, -0.2) is 0 Å². The summed E-state index contributed by atoms with van der Waals surface area (Å²) in [5.41, 5.74) is 1.02. The highest BCUT2D eigenvalue weighted by Crippen LogP contribution is 2.31. The average Bonchev–Trinajstić information content (AvgIpc) is 3.49. The van der Waals surface area contributed by atoms with Crippen LogP contribution in [-0.2, 0) is 19.9 Å². The van der Waals surface area contributed by atoms with Crippen LogP contribution < -0.4 is 10.1 Å². The predicted molar refractivity (Wildman–Crippen MR) is 154 cm³/mol. The molecule has 10 nitrogen and oxygen atoms in total. The standard InChI is InChI=1S/C19H30N4O3.C8H8ClF2NO.CH4O/c1-16(2)18-3-6-20-23(18)19(15-25)4-7-21(8-5-19)13-17(14-24)22-9-11-26-12-10-22;1-12-6-3-2-5(9)4-7(6)13-8(10)11;1-2/h3,6,14-17H,4-5,7-13H2,1-2H3;2-4,8,12H,1H3;2H,1H3. The first-order valence-corrected chi connectivity index (χ1v) is 14.0. The summed E-state index contributed by atoms with van der Waals surface area (Å²) in [5, 5.41) is 14.5. The second-order valence-electron chi connectivity index (χ2n) is 9.97. The van der Waals surface area contributed by atoms with Crippen molar-refractivity contribution in [1.82, 2.24) is 19.6 Å². The molecule has 13 heteroatoms. The first-order chi connectivity index (χ1) is 19.7. The Bertz CT molecular complexity index is 1060. The topological polar surface area (TPSA) is 109 Å². The molecule has 2 fully saturated rings. The summed E-state index contributed by atoms with van der Waals surface area (Å²) in [5.74, 6) is 0.373. The van der Waals surface area contributed by atoms with Gasteiger partial charge in [0.05, 0.1) is 24.9 Å². The van der Waals surface area contributed by atoms with Crippen LogP contribution in [0.25, 0.3) is 0 Å². The van der Waals surface area contributed by atoms with Gasteiger partial charge in [-0.2, -0.15) is 13.9 Å². The number of piperidine rings is 1. The molecule has 2 aliphatic rings. The number of nitrogens with zero attached hydrogens (tertiary/aromatic N) is 4. The molecule has 2 N–H and O–H groups in total. The highest BCUT2D eigenvalue weighted by Gasteiger charge is 2.39. The molecule has 2 aromatic rings. The van der Waals surface area contributed by atoms with E-state index in [4.69, 9.17) is 21.4 Å². The molecule has 3 heterocycles. The summed E-state index contributed by atoms with van der Waals surface area (Å²) in [6, 6.07) is 6.40. The molecule has 2 saturated heterocycles. The Morgan fingerprint density at radius 2 is 1.80 bits per heavy atom. The minimum absolute atomic E-state index is 0.0463. The Hall–Kier alpha value is -2.64. The zero-order valence-corrected chi connectivity index (χ0v) is 24.9. The zero-order chi connectivity index (χ0) is 30.4. The van der Waals surface area contributed by atoms with Crippen LogP contribution in [0.2, 0.25) is 5.02 Å². The van der Waals surface area contributed by atoms with Gasteiger partial charge >= 0.3 is 6.61 Å². The van der Waals surface area contributed by atoms with Gasteiger partial charge in [-0.05, 0) is 37.0 Å². The number of rotatable bonds is 10. The highest BCUT2D eigenvalue weighted by atomic mass is 35.5. The SMILES string of the molecule is CC(C)c1ccnn1C1(C=O)CCN(CC(C=O)N2CCOCC2)CC1.CNc1ccc(Cl)cc1OC(F)F.CO. The van der Waals surface area contributed by atoms with E-state index in [0.717, 1.165) is 64.4 Å². The molecule has 41 heavy (non-hydrogen) atoms. The Morgan fingerprint density at radius 1 is 1.15 bits per heavy atom. The lowest BCUT2D eigenvalue weighted by Gasteiger charge is -2.41. The van der Waals surface area contributed by atoms with Gasteiger partial charge in [-0.1, -0.05) is 25.4 Å². The number of ether oxygens (including phenoxy) is 2. The Morgan fingerprint density at radius 3 is 2.34 bits per heavy atom. The molecule has 4 rings (SSSR count). The van der Waals surface area contributed by atoms with E-state index in [2.05, 4.69) is 38.8 Å². The summed E-state index contributed by atoms with van der Waals surface area (Å²) in [7, 11) is 2.61. The van der Waals surface area contributed by atoms with Crippen LogP contribution in [-0.4, -0.2) is 110 Å². The van der Waals surface area contributed by atoms with Crippen LogP contribution in [0.3, 0.4) is 0 Å². The van der Waals surface area contributed by atoms with Crippen molar-refractivity contribution in [3.8, 4) is 5.75 Å². The third-order valence-electron chi connectivity index (χ3n) is 7.17. The van der Waals surface area contributed by atoms with Crippen molar-refractivity contribution in [3.05, 3.63) is 41.2 Å². The number of aliphatic hydroxyl groups excluding tert-OH is 1. The van der Waals surface area contributed by atoms with Gasteiger partial charge < -0.3 is 34.4 Å². The molecule has 0 spiro atoms. The zero-order valence-electron chi connectivity index (χ0n) is 24.1. The predicted octanol–water partition coefficient (Wildman–Crippen LogP) is 3.49. The number of carbonyl (C=O) groups is 2. The molecule has 0 bridgehead atoms. The monoisotopic (exact) mass is 601 g/mol. The smallest absolute Gasteiger partial charge is 0.387 e. The van der Waals surface area contributed by atoms with Crippen molar-refractivity contribution >= 4 is 29.9 Å². The summed E-state index contributed by atoms with van der Waals surface area (Å²) in [6.07, 6.45) is 5.37. The van der Waals surface area contributed by atoms with E-state index in [1.807, 2.05) is 10.7 Å². The maximum Gasteiger partial charge on any atom is 0.387 e. The lowest BCUT2D eigenvalue weighted by atomic mass is 9.88. The van der Waals surface area contributed by atoms with Crippen LogP contribution >= 0.6 is 11.6 Å². The van der Waals surface area contributed by atoms with Crippen LogP contribution in [0.15, 0.2) is 30.5 Å². The van der Waals surface area contributed by atoms with Gasteiger partial charge in [0, 0.05) is 69.9 Å². The van der Waals surface area contributed by atoms with Gasteiger partial charge in [0.2, 0.25) is 0 Å². The molecular weight excluding hydrogens is 560 g/mol. The molecule has 2 aliphatic heterocycles. The summed E-state index contributed by atoms with van der Waals surface area (Å²) < 4.78 is 35.3. The van der Waals surface area contributed by atoms with Crippen molar-refractivity contribution in [2.75, 3.05) is 65.4 Å². The van der Waals surface area contributed by atoms with E-state index >= 15 is 0 Å². The molecular formula is C28H42ClF2N5O5. The number of morpholine rings is 1. The third kappa shape index (κ3) is 9.71. The highest BCUT2D eigenvalue weighted by molar-refractivity contribution is 6.30. The minimum atomic E-state index is -2.84. The number of hydrogen-bond donors (Lipinski definition) is 2. The second kappa shape index (κ2) is 17.3. The molecule has 0 radical (unpaired) electrons. The number of aldehydes is 2. The number of carbonyl (C=O) groups excluding carboxylic acids is 2. The van der Waals surface area contributed by atoms with E-state index in [1.54, 1.807) is 25.4 Å². The van der Waals surface area contributed by atoms with Crippen molar-refractivity contribution in [2.45, 2.75) is 50.8 Å². The fraction of sp³-hybridized carbons (Fsp3) is 0.607. The normalized spacial score (nSPS) is 18.0. The number of aliphatic hydroxyl groups is 1. The number of benzene rings is 1. The maximum absolute atomic E-state index is 12.0. The molecule has 1 aromatic carbocycles. The van der Waals surface area contributed by atoms with Crippen molar-refractivity contribution in [3.63, 3.8) is 0 Å². The lowest BCUT2D eigenvalue weighted by Crippen LogP contribution is -2.54. The number of nitrogens with one attached hydrogen (secondary N) is 1. The van der Waals surface area contributed by atoms with E-state index in [1.165, 1.54) is 6.07 Å². The number of alkyl halides is 2. The summed E-state index contributed by atoms with van der Waals surface area (Å²) in [4.78, 5) is 28.1. The van der Waals surface area contributed by atoms with E-state index in [9.17, 15) is 18.4 Å². The second-order valence-corrected chi connectivity index (χ2v) is 10.4. The number of hydrogen-bond acceptors (Lipinski definition) is 9. The minimum Gasteiger partial charge on any atom is -0.433 e. The molecule has 1 aromatic heterocycles. The number of halogens is 3. The number of anilines is 1. The molecule has 0 amide bonds. The van der Waals surface area contributed by atoms with Gasteiger partial charge in [0.15, 0.2) is 5.75 Å². The average molecular weight is 602 g/mol. The fourth-order valence-corrected chi connectivity index (χ4v) is 5.10. The van der Waals surface area contributed by atoms with Gasteiger partial charge in [-0.15, -0.1) is 0 Å². The lowest BCUT2D eigenvalue weighted by molar-refractivity contribution is -0.120. The molecule has 1 unspecified atom stereocenters. The Kier molecular flexibility index (Phi) is 14.6. The van der Waals surface area contributed by atoms with Gasteiger partial charge in [0.1, 0.15) is 18.1 Å². The van der Waals surface area contributed by atoms with Gasteiger partial charge in [-0.3, -0.25) is 9.58 Å². The summed E-state index contributed by atoms with van der Waals surface area (Å²) >= 11 is 5.60. The van der Waals surface area contributed by atoms with Crippen LogP contribution in [0, 0.1) is 0 Å². The van der Waals surface area contributed by atoms with Crippen LogP contribution in [0.1, 0.15) is 38.3 Å². The molecule has 0 aliphatic carbocycles. The van der Waals surface area contributed by atoms with E-state index in [0.29, 0.717) is 36.4 Å². The Labute approximate surface area is 245 Å². The quantitative estimate of drug-likeness (QED) is 0.396. The summed E-state index contributed by atoms with van der Waals surface area (Å²) in [6.45, 7) is 6.71. The van der Waals surface area contributed by atoms with E-state index in [-0.39, 0.29) is 11.8 Å². The van der Waals surface area contributed by atoms with Crippen LogP contribution in [0.5, 0.6) is 5.75 Å². The van der Waals surface area contributed by atoms with Crippen molar-refractivity contribution in [2.24, 2.45) is 0 Å². The van der Waals surface area contributed by atoms with Crippen molar-refractivity contribution < 1.29 is 33.0 Å². The van der Waals surface area contributed by atoms with Crippen LogP contribution in [0.4, 0.5) is 14.5 Å². The third-order valence-corrected chi connectivity index (χ3v) is 7.41. The molecule has 230 valence electrons. The first-order valence-electron chi connectivity index (χ1n) is 13.6. The van der Waals surface area contributed by atoms with Gasteiger partial charge in [0.25, 0.3) is 0 Å². The Balaban J connectivity index is 0.000000330.